The number of halogens is 2. The molecule has 4 nitrogen and oxygen atoms in total. The molecule has 0 saturated carbocycles. The van der Waals surface area contributed by atoms with Crippen LogP contribution in [0.15, 0.2) is 22.7 Å². The molecule has 112 valence electrons. The van der Waals surface area contributed by atoms with Crippen molar-refractivity contribution in [3.63, 3.8) is 0 Å². The topological polar surface area (TPSA) is 50.7 Å². The average molecular weight is 348 g/mol. The van der Waals surface area contributed by atoms with Crippen molar-refractivity contribution in [2.75, 3.05) is 31.7 Å². The Morgan fingerprint density at radius 1 is 1.55 bits per heavy atom. The number of rotatable bonds is 7. The molecule has 0 spiro atoms. The van der Waals surface area contributed by atoms with Gasteiger partial charge < -0.3 is 19.9 Å². The van der Waals surface area contributed by atoms with Crippen molar-refractivity contribution in [3.05, 3.63) is 28.5 Å². The number of hydrogen-bond acceptors (Lipinski definition) is 4. The van der Waals surface area contributed by atoms with E-state index >= 15 is 0 Å². The number of aliphatic hydroxyl groups is 1. The van der Waals surface area contributed by atoms with Gasteiger partial charge in [-0.25, -0.2) is 4.39 Å². The molecule has 2 N–H and O–H groups in total. The first-order chi connectivity index (χ1) is 9.65. The zero-order valence-electron chi connectivity index (χ0n) is 11.1. The summed E-state index contributed by atoms with van der Waals surface area (Å²) >= 11 is 3.32. The van der Waals surface area contributed by atoms with Crippen LogP contribution in [-0.2, 0) is 9.47 Å². The highest BCUT2D eigenvalue weighted by molar-refractivity contribution is 9.10. The lowest BCUT2D eigenvalue weighted by Gasteiger charge is -2.15. The minimum atomic E-state index is -0.647. The van der Waals surface area contributed by atoms with Crippen LogP contribution in [0, 0.1) is 5.82 Å². The summed E-state index contributed by atoms with van der Waals surface area (Å²) in [6, 6.07) is 4.37. The van der Waals surface area contributed by atoms with Gasteiger partial charge in [-0.3, -0.25) is 0 Å². The Morgan fingerprint density at radius 2 is 2.40 bits per heavy atom. The van der Waals surface area contributed by atoms with Gasteiger partial charge >= 0.3 is 0 Å². The summed E-state index contributed by atoms with van der Waals surface area (Å²) in [5, 5.41) is 12.8. The minimum Gasteiger partial charge on any atom is -0.389 e. The second-order valence-electron chi connectivity index (χ2n) is 4.83. The van der Waals surface area contributed by atoms with Gasteiger partial charge in [0.25, 0.3) is 0 Å². The molecule has 2 unspecified atom stereocenters. The second kappa shape index (κ2) is 7.93. The SMILES string of the molecule is OC(CNc1cc(F)ccc1Br)COCC1CCCO1. The first kappa shape index (κ1) is 15.7. The second-order valence-corrected chi connectivity index (χ2v) is 5.69. The molecule has 1 heterocycles. The number of anilines is 1. The third kappa shape index (κ3) is 5.01. The van der Waals surface area contributed by atoms with E-state index < -0.39 is 6.10 Å². The molecule has 2 atom stereocenters. The van der Waals surface area contributed by atoms with Gasteiger partial charge in [0, 0.05) is 17.6 Å². The highest BCUT2D eigenvalue weighted by Crippen LogP contribution is 2.22. The van der Waals surface area contributed by atoms with Crippen LogP contribution in [0.2, 0.25) is 0 Å². The van der Waals surface area contributed by atoms with E-state index in [0.717, 1.165) is 23.9 Å². The van der Waals surface area contributed by atoms with E-state index in [9.17, 15) is 9.50 Å². The van der Waals surface area contributed by atoms with Crippen LogP contribution in [-0.4, -0.2) is 43.7 Å². The van der Waals surface area contributed by atoms with Gasteiger partial charge in [0.15, 0.2) is 0 Å². The van der Waals surface area contributed by atoms with Crippen molar-refractivity contribution in [1.82, 2.24) is 0 Å². The van der Waals surface area contributed by atoms with Gasteiger partial charge in [-0.05, 0) is 47.0 Å². The quantitative estimate of drug-likeness (QED) is 0.795. The number of hydrogen-bond donors (Lipinski definition) is 2. The predicted molar refractivity (Wildman–Crippen MR) is 78.4 cm³/mol. The Hall–Kier alpha value is -0.690. The van der Waals surface area contributed by atoms with Crippen LogP contribution >= 0.6 is 15.9 Å². The Bertz CT molecular complexity index is 427. The summed E-state index contributed by atoms with van der Waals surface area (Å²) in [6.45, 7) is 1.85. The summed E-state index contributed by atoms with van der Waals surface area (Å²) in [6.07, 6.45) is 1.61. The lowest BCUT2D eigenvalue weighted by atomic mass is 10.2. The molecule has 0 aliphatic carbocycles. The standard InChI is InChI=1S/C14H19BrFNO3/c15-13-4-3-10(16)6-14(13)17-7-11(18)8-19-9-12-2-1-5-20-12/h3-4,6,11-12,17-18H,1-2,5,7-9H2. The fraction of sp³-hybridized carbons (Fsp3) is 0.571. The Morgan fingerprint density at radius 3 is 3.15 bits per heavy atom. The third-order valence-electron chi connectivity index (χ3n) is 3.09. The maximum atomic E-state index is 13.1. The van der Waals surface area contributed by atoms with Crippen molar-refractivity contribution >= 4 is 21.6 Å². The zero-order valence-corrected chi connectivity index (χ0v) is 12.7. The highest BCUT2D eigenvalue weighted by Gasteiger charge is 2.16. The largest absolute Gasteiger partial charge is 0.389 e. The maximum Gasteiger partial charge on any atom is 0.125 e. The van der Waals surface area contributed by atoms with Crippen molar-refractivity contribution in [2.45, 2.75) is 25.0 Å². The number of ether oxygens (including phenoxy) is 2. The maximum absolute atomic E-state index is 13.1. The Balaban J connectivity index is 1.66. The van der Waals surface area contributed by atoms with E-state index in [4.69, 9.17) is 9.47 Å². The lowest BCUT2D eigenvalue weighted by Crippen LogP contribution is -2.27. The van der Waals surface area contributed by atoms with Crippen LogP contribution in [0.3, 0.4) is 0 Å². The molecule has 1 aliphatic heterocycles. The van der Waals surface area contributed by atoms with E-state index in [1.165, 1.54) is 12.1 Å². The summed E-state index contributed by atoms with van der Waals surface area (Å²) in [4.78, 5) is 0. The lowest BCUT2D eigenvalue weighted by molar-refractivity contribution is -0.0137. The minimum absolute atomic E-state index is 0.160. The Kier molecular flexibility index (Phi) is 6.22. The van der Waals surface area contributed by atoms with Gasteiger partial charge in [-0.2, -0.15) is 0 Å². The van der Waals surface area contributed by atoms with E-state index in [2.05, 4.69) is 21.2 Å². The number of benzene rings is 1. The van der Waals surface area contributed by atoms with E-state index in [1.807, 2.05) is 0 Å². The molecule has 0 aromatic heterocycles. The molecule has 2 rings (SSSR count). The van der Waals surface area contributed by atoms with Crippen LogP contribution in [0.25, 0.3) is 0 Å². The molecule has 0 bridgehead atoms. The summed E-state index contributed by atoms with van der Waals surface area (Å²) in [5.74, 6) is -0.320. The highest BCUT2D eigenvalue weighted by atomic mass is 79.9. The predicted octanol–water partition coefficient (Wildman–Crippen LogP) is 2.56. The molecule has 0 amide bonds. The van der Waals surface area contributed by atoms with Gasteiger partial charge in [0.05, 0.1) is 31.1 Å². The average Bonchev–Trinajstić information content (AvgIpc) is 2.93. The zero-order chi connectivity index (χ0) is 14.4. The van der Waals surface area contributed by atoms with Gasteiger partial charge in [-0.1, -0.05) is 0 Å². The first-order valence-electron chi connectivity index (χ1n) is 6.71. The van der Waals surface area contributed by atoms with Crippen LogP contribution in [0.5, 0.6) is 0 Å². The van der Waals surface area contributed by atoms with Crippen molar-refractivity contribution < 1.29 is 19.0 Å². The fourth-order valence-electron chi connectivity index (χ4n) is 2.03. The van der Waals surface area contributed by atoms with Crippen molar-refractivity contribution in [3.8, 4) is 0 Å². The van der Waals surface area contributed by atoms with Crippen LogP contribution in [0.4, 0.5) is 10.1 Å². The smallest absolute Gasteiger partial charge is 0.125 e. The molecule has 0 radical (unpaired) electrons. The summed E-state index contributed by atoms with van der Waals surface area (Å²) in [5.41, 5.74) is 0.614. The molecule has 1 saturated heterocycles. The molecular formula is C14H19BrFNO3. The fourth-order valence-corrected chi connectivity index (χ4v) is 2.42. The van der Waals surface area contributed by atoms with E-state index in [-0.39, 0.29) is 18.5 Å². The van der Waals surface area contributed by atoms with Crippen LogP contribution < -0.4 is 5.32 Å². The molecule has 1 fully saturated rings. The van der Waals surface area contributed by atoms with Crippen molar-refractivity contribution in [1.29, 1.82) is 0 Å². The summed E-state index contributed by atoms with van der Waals surface area (Å²) in [7, 11) is 0. The first-order valence-corrected chi connectivity index (χ1v) is 7.51. The van der Waals surface area contributed by atoms with Crippen molar-refractivity contribution in [2.24, 2.45) is 0 Å². The normalized spacial score (nSPS) is 20.1. The third-order valence-corrected chi connectivity index (χ3v) is 3.79. The molecule has 1 aliphatic rings. The monoisotopic (exact) mass is 347 g/mol. The van der Waals surface area contributed by atoms with Gasteiger partial charge in [0.1, 0.15) is 5.82 Å². The van der Waals surface area contributed by atoms with E-state index in [0.29, 0.717) is 18.8 Å². The molecule has 6 heteroatoms. The van der Waals surface area contributed by atoms with E-state index in [1.54, 1.807) is 6.07 Å². The van der Waals surface area contributed by atoms with Gasteiger partial charge in [0.2, 0.25) is 0 Å². The number of nitrogens with one attached hydrogen (secondary N) is 1. The molecule has 1 aromatic carbocycles. The number of aliphatic hydroxyl groups excluding tert-OH is 1. The summed E-state index contributed by atoms with van der Waals surface area (Å²) < 4.78 is 24.7. The molecular weight excluding hydrogens is 329 g/mol. The molecule has 1 aromatic rings. The van der Waals surface area contributed by atoms with Gasteiger partial charge in [-0.15, -0.1) is 0 Å². The Labute approximate surface area is 126 Å². The van der Waals surface area contributed by atoms with Crippen LogP contribution in [0.1, 0.15) is 12.8 Å². The molecule has 20 heavy (non-hydrogen) atoms.